The second kappa shape index (κ2) is 10.4. The smallest absolute Gasteiger partial charge is 0.162 e. The molecule has 6 heteroatoms. The molecule has 1 N–H and O–H groups in total. The number of methoxy groups -OCH3 is 4. The predicted molar refractivity (Wildman–Crippen MR) is 115 cm³/mol. The van der Waals surface area contributed by atoms with Crippen molar-refractivity contribution in [3.05, 3.63) is 47.5 Å². The number of benzene rings is 2. The molecule has 3 rings (SSSR count). The van der Waals surface area contributed by atoms with Crippen LogP contribution >= 0.6 is 0 Å². The summed E-state index contributed by atoms with van der Waals surface area (Å²) in [7, 11) is 6.72. The van der Waals surface area contributed by atoms with E-state index in [0.717, 1.165) is 54.6 Å². The Morgan fingerprint density at radius 1 is 0.931 bits per heavy atom. The van der Waals surface area contributed by atoms with Crippen LogP contribution < -0.4 is 19.5 Å². The number of anilines is 1. The number of nitrogens with one attached hydrogen (secondary N) is 1. The average molecular weight is 401 g/mol. The lowest BCUT2D eigenvalue weighted by molar-refractivity contribution is 0.181. The monoisotopic (exact) mass is 400 g/mol. The fraction of sp³-hybridized carbons (Fsp3) is 0.478. The van der Waals surface area contributed by atoms with Crippen molar-refractivity contribution in [2.75, 3.05) is 46.8 Å². The topological polar surface area (TPSA) is 52.2 Å². The molecule has 1 atom stereocenters. The number of hydrogen-bond acceptors (Lipinski definition) is 6. The van der Waals surface area contributed by atoms with E-state index in [0.29, 0.717) is 12.6 Å². The molecule has 2 aromatic carbocycles. The first-order valence-corrected chi connectivity index (χ1v) is 10.0. The number of likely N-dealkylation sites (tertiary alicyclic amines) is 1. The van der Waals surface area contributed by atoms with Gasteiger partial charge in [-0.05, 0) is 49.2 Å². The van der Waals surface area contributed by atoms with Gasteiger partial charge in [0.15, 0.2) is 11.5 Å². The summed E-state index contributed by atoms with van der Waals surface area (Å²) in [5.41, 5.74) is 3.43. The Kier molecular flexibility index (Phi) is 7.61. The quantitative estimate of drug-likeness (QED) is 0.688. The zero-order valence-electron chi connectivity index (χ0n) is 17.9. The molecule has 1 heterocycles. The van der Waals surface area contributed by atoms with Gasteiger partial charge >= 0.3 is 0 Å². The first kappa shape index (κ1) is 21.3. The van der Waals surface area contributed by atoms with Gasteiger partial charge in [-0.2, -0.15) is 0 Å². The summed E-state index contributed by atoms with van der Waals surface area (Å²) in [6.45, 7) is 3.58. The second-order valence-corrected chi connectivity index (χ2v) is 7.37. The molecule has 1 aliphatic rings. The minimum atomic E-state index is 0.401. The summed E-state index contributed by atoms with van der Waals surface area (Å²) in [6, 6.07) is 12.7. The van der Waals surface area contributed by atoms with Crippen molar-refractivity contribution >= 4 is 5.69 Å². The van der Waals surface area contributed by atoms with Crippen molar-refractivity contribution in [3.8, 4) is 17.2 Å². The highest BCUT2D eigenvalue weighted by Gasteiger charge is 2.20. The first-order valence-electron chi connectivity index (χ1n) is 10.0. The minimum Gasteiger partial charge on any atom is -0.496 e. The summed E-state index contributed by atoms with van der Waals surface area (Å²) in [5.74, 6) is 2.37. The molecule has 29 heavy (non-hydrogen) atoms. The minimum absolute atomic E-state index is 0.401. The van der Waals surface area contributed by atoms with E-state index in [2.05, 4.69) is 22.3 Å². The van der Waals surface area contributed by atoms with E-state index in [1.165, 1.54) is 12.0 Å². The maximum absolute atomic E-state index is 5.44. The maximum atomic E-state index is 5.44. The summed E-state index contributed by atoms with van der Waals surface area (Å²) in [4.78, 5) is 2.50. The molecule has 6 nitrogen and oxygen atoms in total. The fourth-order valence-electron chi connectivity index (χ4n) is 3.94. The third-order valence-corrected chi connectivity index (χ3v) is 5.31. The van der Waals surface area contributed by atoms with Crippen LogP contribution in [0.2, 0.25) is 0 Å². The number of rotatable bonds is 9. The lowest BCUT2D eigenvalue weighted by Crippen LogP contribution is -2.41. The summed E-state index contributed by atoms with van der Waals surface area (Å²) in [5, 5.41) is 3.66. The van der Waals surface area contributed by atoms with Gasteiger partial charge < -0.3 is 24.3 Å². The molecule has 0 aliphatic carbocycles. The van der Waals surface area contributed by atoms with Crippen LogP contribution in [0.5, 0.6) is 17.2 Å². The van der Waals surface area contributed by atoms with Crippen LogP contribution in [-0.2, 0) is 17.9 Å². The summed E-state index contributed by atoms with van der Waals surface area (Å²) >= 11 is 0. The van der Waals surface area contributed by atoms with Crippen LogP contribution in [0.4, 0.5) is 5.69 Å². The van der Waals surface area contributed by atoms with E-state index < -0.39 is 0 Å². The number of hydrogen-bond donors (Lipinski definition) is 1. The molecule has 0 spiro atoms. The Hall–Kier alpha value is -2.44. The van der Waals surface area contributed by atoms with E-state index in [1.807, 2.05) is 24.3 Å². The molecular weight excluding hydrogens is 368 g/mol. The molecule has 0 saturated carbocycles. The molecular formula is C23H32N2O4. The zero-order valence-corrected chi connectivity index (χ0v) is 17.9. The standard InChI is InChI=1S/C23H32N2O4/c1-26-16-18-12-17(7-9-21(18)27-2)14-25-11-5-6-20(15-25)24-19-8-10-22(28-3)23(13-19)29-4/h7-10,12-13,20,24H,5-6,11,14-16H2,1-4H3. The van der Waals surface area contributed by atoms with Crippen molar-refractivity contribution in [1.82, 2.24) is 4.90 Å². The zero-order chi connectivity index (χ0) is 20.6. The lowest BCUT2D eigenvalue weighted by Gasteiger charge is -2.34. The summed E-state index contributed by atoms with van der Waals surface area (Å²) < 4.78 is 21.5. The molecule has 0 bridgehead atoms. The molecule has 1 aliphatic heterocycles. The Morgan fingerprint density at radius 2 is 1.69 bits per heavy atom. The van der Waals surface area contributed by atoms with Crippen LogP contribution in [0.25, 0.3) is 0 Å². The number of ether oxygens (including phenoxy) is 4. The molecule has 0 radical (unpaired) electrons. The third-order valence-electron chi connectivity index (χ3n) is 5.31. The second-order valence-electron chi connectivity index (χ2n) is 7.37. The van der Waals surface area contributed by atoms with Gasteiger partial charge in [-0.25, -0.2) is 0 Å². The van der Waals surface area contributed by atoms with Crippen molar-refractivity contribution < 1.29 is 18.9 Å². The van der Waals surface area contributed by atoms with E-state index >= 15 is 0 Å². The molecule has 1 fully saturated rings. The Labute approximate surface area is 173 Å². The highest BCUT2D eigenvalue weighted by atomic mass is 16.5. The predicted octanol–water partition coefficient (Wildman–Crippen LogP) is 3.94. The van der Waals surface area contributed by atoms with Gasteiger partial charge in [0.2, 0.25) is 0 Å². The third kappa shape index (κ3) is 5.55. The molecule has 158 valence electrons. The Balaban J connectivity index is 1.63. The van der Waals surface area contributed by atoms with Gasteiger partial charge in [-0.15, -0.1) is 0 Å². The van der Waals surface area contributed by atoms with E-state index in [-0.39, 0.29) is 0 Å². The van der Waals surface area contributed by atoms with Crippen LogP contribution in [0, 0.1) is 0 Å². The van der Waals surface area contributed by atoms with E-state index in [4.69, 9.17) is 18.9 Å². The molecule has 2 aromatic rings. The fourth-order valence-corrected chi connectivity index (χ4v) is 3.94. The Morgan fingerprint density at radius 3 is 2.41 bits per heavy atom. The molecule has 0 aromatic heterocycles. The van der Waals surface area contributed by atoms with Gasteiger partial charge in [0.05, 0.1) is 27.9 Å². The van der Waals surface area contributed by atoms with Gasteiger partial charge in [-0.3, -0.25) is 4.90 Å². The molecule has 1 saturated heterocycles. The van der Waals surface area contributed by atoms with Crippen molar-refractivity contribution in [1.29, 1.82) is 0 Å². The number of piperidine rings is 1. The van der Waals surface area contributed by atoms with Gasteiger partial charge in [0.25, 0.3) is 0 Å². The molecule has 1 unspecified atom stereocenters. The van der Waals surface area contributed by atoms with Crippen molar-refractivity contribution in [2.24, 2.45) is 0 Å². The highest BCUT2D eigenvalue weighted by Crippen LogP contribution is 2.30. The molecule has 0 amide bonds. The maximum Gasteiger partial charge on any atom is 0.162 e. The number of nitrogens with zero attached hydrogens (tertiary/aromatic N) is 1. The van der Waals surface area contributed by atoms with Crippen LogP contribution in [0.15, 0.2) is 36.4 Å². The van der Waals surface area contributed by atoms with Gasteiger partial charge in [0, 0.05) is 43.6 Å². The van der Waals surface area contributed by atoms with E-state index in [1.54, 1.807) is 28.4 Å². The van der Waals surface area contributed by atoms with Gasteiger partial charge in [0.1, 0.15) is 5.75 Å². The van der Waals surface area contributed by atoms with Crippen molar-refractivity contribution in [3.63, 3.8) is 0 Å². The van der Waals surface area contributed by atoms with Crippen LogP contribution in [-0.4, -0.2) is 52.5 Å². The average Bonchev–Trinajstić information content (AvgIpc) is 2.74. The first-order chi connectivity index (χ1) is 14.2. The lowest BCUT2D eigenvalue weighted by atomic mass is 10.0. The highest BCUT2D eigenvalue weighted by molar-refractivity contribution is 5.55. The van der Waals surface area contributed by atoms with Crippen molar-refractivity contribution in [2.45, 2.75) is 32.0 Å². The van der Waals surface area contributed by atoms with Crippen LogP contribution in [0.1, 0.15) is 24.0 Å². The normalized spacial score (nSPS) is 17.0. The van der Waals surface area contributed by atoms with Gasteiger partial charge in [-0.1, -0.05) is 6.07 Å². The van der Waals surface area contributed by atoms with Crippen LogP contribution in [0.3, 0.4) is 0 Å². The Bertz CT molecular complexity index is 796. The van der Waals surface area contributed by atoms with E-state index in [9.17, 15) is 0 Å². The summed E-state index contributed by atoms with van der Waals surface area (Å²) in [6.07, 6.45) is 2.33. The SMILES string of the molecule is COCc1cc(CN2CCCC(Nc3ccc(OC)c(OC)c3)C2)ccc1OC. The largest absolute Gasteiger partial charge is 0.496 e.